The van der Waals surface area contributed by atoms with Gasteiger partial charge in [0.15, 0.2) is 0 Å². The lowest BCUT2D eigenvalue weighted by atomic mass is 10.1. The Balaban J connectivity index is 1.35. The summed E-state index contributed by atoms with van der Waals surface area (Å²) >= 11 is 0. The zero-order valence-corrected chi connectivity index (χ0v) is 20.4. The molecule has 2 amide bonds. The van der Waals surface area contributed by atoms with Crippen LogP contribution in [0.5, 0.6) is 0 Å². The lowest BCUT2D eigenvalue weighted by molar-refractivity contribution is -0.136. The van der Waals surface area contributed by atoms with E-state index in [1.165, 1.54) is 5.56 Å². The van der Waals surface area contributed by atoms with E-state index in [0.29, 0.717) is 12.2 Å². The minimum atomic E-state index is -0.661. The van der Waals surface area contributed by atoms with E-state index in [9.17, 15) is 9.59 Å². The van der Waals surface area contributed by atoms with Gasteiger partial charge in [-0.1, -0.05) is 42.5 Å². The highest BCUT2D eigenvalue weighted by atomic mass is 16.2. The van der Waals surface area contributed by atoms with Crippen molar-refractivity contribution in [3.8, 4) is 0 Å². The van der Waals surface area contributed by atoms with Gasteiger partial charge in [0.05, 0.1) is 6.04 Å². The summed E-state index contributed by atoms with van der Waals surface area (Å²) in [5, 5.41) is 5.54. The van der Waals surface area contributed by atoms with Gasteiger partial charge < -0.3 is 10.6 Å². The summed E-state index contributed by atoms with van der Waals surface area (Å²) in [5.74, 6) is -1.30. The summed E-state index contributed by atoms with van der Waals surface area (Å²) in [6, 6.07) is 20.0. The molecule has 0 aliphatic carbocycles. The maximum Gasteiger partial charge on any atom is 0.313 e. The predicted octanol–water partition coefficient (Wildman–Crippen LogP) is 3.31. The molecule has 1 fully saturated rings. The van der Waals surface area contributed by atoms with Crippen molar-refractivity contribution >= 4 is 17.5 Å². The molecule has 7 nitrogen and oxygen atoms in total. The molecule has 1 aliphatic rings. The first-order valence-corrected chi connectivity index (χ1v) is 12.1. The molecule has 0 unspecified atom stereocenters. The fourth-order valence-electron chi connectivity index (χ4n) is 4.38. The molecule has 182 valence electrons. The molecule has 0 radical (unpaired) electrons. The van der Waals surface area contributed by atoms with Gasteiger partial charge >= 0.3 is 11.8 Å². The zero-order chi connectivity index (χ0) is 24.6. The fourth-order valence-corrected chi connectivity index (χ4v) is 4.38. The number of aryl methyl sites for hydroxylation is 2. The van der Waals surface area contributed by atoms with Crippen molar-refractivity contribution in [2.24, 2.45) is 0 Å². The third-order valence-corrected chi connectivity index (χ3v) is 6.59. The van der Waals surface area contributed by atoms with Crippen molar-refractivity contribution < 1.29 is 9.59 Å². The number of pyridine rings is 1. The van der Waals surface area contributed by atoms with Crippen molar-refractivity contribution in [3.05, 3.63) is 95.3 Å². The highest BCUT2D eigenvalue weighted by molar-refractivity contribution is 6.39. The van der Waals surface area contributed by atoms with Crippen LogP contribution in [0.3, 0.4) is 0 Å². The molecular weight excluding hydrogens is 438 g/mol. The summed E-state index contributed by atoms with van der Waals surface area (Å²) < 4.78 is 0. The molecule has 1 saturated heterocycles. The fraction of sp³-hybridized carbons (Fsp3) is 0.321. The molecule has 1 aliphatic heterocycles. The zero-order valence-electron chi connectivity index (χ0n) is 20.4. The van der Waals surface area contributed by atoms with E-state index in [-0.39, 0.29) is 6.04 Å². The molecule has 2 heterocycles. The number of piperazine rings is 1. The molecule has 0 saturated carbocycles. The molecule has 0 spiro atoms. The van der Waals surface area contributed by atoms with E-state index in [2.05, 4.69) is 49.7 Å². The second kappa shape index (κ2) is 11.7. The Morgan fingerprint density at radius 3 is 2.37 bits per heavy atom. The average molecular weight is 472 g/mol. The lowest BCUT2D eigenvalue weighted by Crippen LogP contribution is -2.50. The van der Waals surface area contributed by atoms with E-state index in [1.54, 1.807) is 12.3 Å². The maximum atomic E-state index is 12.6. The quantitative estimate of drug-likeness (QED) is 0.517. The highest BCUT2D eigenvalue weighted by Crippen LogP contribution is 2.22. The van der Waals surface area contributed by atoms with E-state index in [0.717, 1.165) is 49.4 Å². The van der Waals surface area contributed by atoms with Gasteiger partial charge in [0, 0.05) is 57.3 Å². The van der Waals surface area contributed by atoms with E-state index >= 15 is 0 Å². The number of aromatic nitrogens is 1. The van der Waals surface area contributed by atoms with E-state index in [1.807, 2.05) is 50.4 Å². The van der Waals surface area contributed by atoms with Gasteiger partial charge in [0.1, 0.15) is 0 Å². The van der Waals surface area contributed by atoms with Crippen LogP contribution in [0.1, 0.15) is 28.3 Å². The summed E-state index contributed by atoms with van der Waals surface area (Å²) in [7, 11) is 0. The lowest BCUT2D eigenvalue weighted by Gasteiger charge is -2.39. The Kier molecular flexibility index (Phi) is 8.23. The number of carbonyl (C=O) groups is 2. The van der Waals surface area contributed by atoms with Crippen LogP contribution in [0.4, 0.5) is 5.69 Å². The number of nitrogens with zero attached hydrogens (tertiary/aromatic N) is 3. The van der Waals surface area contributed by atoms with Crippen LogP contribution in [0.15, 0.2) is 73.1 Å². The number of benzene rings is 2. The van der Waals surface area contributed by atoms with Crippen molar-refractivity contribution in [1.82, 2.24) is 20.1 Å². The molecule has 35 heavy (non-hydrogen) atoms. The normalized spacial score (nSPS) is 15.4. The van der Waals surface area contributed by atoms with Crippen molar-refractivity contribution in [3.63, 3.8) is 0 Å². The smallest absolute Gasteiger partial charge is 0.313 e. The van der Waals surface area contributed by atoms with Gasteiger partial charge in [-0.25, -0.2) is 0 Å². The van der Waals surface area contributed by atoms with Crippen LogP contribution in [0.2, 0.25) is 0 Å². The summed E-state index contributed by atoms with van der Waals surface area (Å²) in [6.07, 6.45) is 3.58. The SMILES string of the molecule is Cc1ccc(NC(=O)C(=O)NC[C@H](c2cccnc2)N2CCN(Cc3ccccc3)CC2)cc1C. The molecule has 4 rings (SSSR count). The van der Waals surface area contributed by atoms with E-state index in [4.69, 9.17) is 0 Å². The van der Waals surface area contributed by atoms with Crippen LogP contribution >= 0.6 is 0 Å². The summed E-state index contributed by atoms with van der Waals surface area (Å²) in [4.78, 5) is 34.2. The minimum Gasteiger partial charge on any atom is -0.346 e. The molecule has 3 aromatic rings. The Morgan fingerprint density at radius 1 is 0.914 bits per heavy atom. The van der Waals surface area contributed by atoms with Gasteiger partial charge in [-0.05, 0) is 54.3 Å². The highest BCUT2D eigenvalue weighted by Gasteiger charge is 2.26. The van der Waals surface area contributed by atoms with Crippen LogP contribution in [-0.4, -0.2) is 59.3 Å². The number of hydrogen-bond donors (Lipinski definition) is 2. The van der Waals surface area contributed by atoms with Gasteiger partial charge in [-0.2, -0.15) is 0 Å². The monoisotopic (exact) mass is 471 g/mol. The third-order valence-electron chi connectivity index (χ3n) is 6.59. The van der Waals surface area contributed by atoms with Crippen LogP contribution in [0.25, 0.3) is 0 Å². The number of carbonyl (C=O) groups excluding carboxylic acids is 2. The van der Waals surface area contributed by atoms with Gasteiger partial charge in [0.25, 0.3) is 0 Å². The second-order valence-corrected chi connectivity index (χ2v) is 9.06. The molecule has 0 bridgehead atoms. The standard InChI is InChI=1S/C28H33N5O2/c1-21-10-11-25(17-22(21)2)31-28(35)27(34)30-19-26(24-9-6-12-29-18-24)33-15-13-32(14-16-33)20-23-7-4-3-5-8-23/h3-12,17-18,26H,13-16,19-20H2,1-2H3,(H,30,34)(H,31,35)/t26-/m1/s1. The second-order valence-electron chi connectivity index (χ2n) is 9.06. The van der Waals surface area contributed by atoms with Crippen LogP contribution < -0.4 is 10.6 Å². The Morgan fingerprint density at radius 2 is 1.69 bits per heavy atom. The molecule has 2 aromatic carbocycles. The van der Waals surface area contributed by atoms with Crippen molar-refractivity contribution in [2.45, 2.75) is 26.4 Å². The predicted molar refractivity (Wildman–Crippen MR) is 138 cm³/mol. The van der Waals surface area contributed by atoms with Gasteiger partial charge in [-0.3, -0.25) is 24.4 Å². The Bertz CT molecular complexity index is 1130. The van der Waals surface area contributed by atoms with Gasteiger partial charge in [0.2, 0.25) is 0 Å². The number of hydrogen-bond acceptors (Lipinski definition) is 5. The van der Waals surface area contributed by atoms with Crippen LogP contribution in [0, 0.1) is 13.8 Å². The average Bonchev–Trinajstić information content (AvgIpc) is 2.88. The number of amides is 2. The number of anilines is 1. The Hall–Kier alpha value is -3.55. The summed E-state index contributed by atoms with van der Waals surface area (Å²) in [5.41, 5.74) is 5.15. The number of nitrogens with one attached hydrogen (secondary N) is 2. The molecule has 2 N–H and O–H groups in total. The first-order chi connectivity index (χ1) is 17.0. The summed E-state index contributed by atoms with van der Waals surface area (Å²) in [6.45, 7) is 8.87. The molecule has 7 heteroatoms. The largest absolute Gasteiger partial charge is 0.346 e. The Labute approximate surface area is 207 Å². The van der Waals surface area contributed by atoms with Crippen molar-refractivity contribution in [2.75, 3.05) is 38.0 Å². The first kappa shape index (κ1) is 24.6. The van der Waals surface area contributed by atoms with Gasteiger partial charge in [-0.15, -0.1) is 0 Å². The molecule has 1 aromatic heterocycles. The van der Waals surface area contributed by atoms with Crippen molar-refractivity contribution in [1.29, 1.82) is 0 Å². The van der Waals surface area contributed by atoms with Crippen LogP contribution in [-0.2, 0) is 16.1 Å². The van der Waals surface area contributed by atoms with E-state index < -0.39 is 11.8 Å². The molecular formula is C28H33N5O2. The molecule has 1 atom stereocenters. The minimum absolute atomic E-state index is 0.0547. The number of rotatable bonds is 7. The first-order valence-electron chi connectivity index (χ1n) is 12.1. The third kappa shape index (κ3) is 6.74. The maximum absolute atomic E-state index is 12.6. The topological polar surface area (TPSA) is 77.6 Å².